The van der Waals surface area contributed by atoms with Crippen molar-refractivity contribution in [3.8, 4) is 5.75 Å². The van der Waals surface area contributed by atoms with Crippen LogP contribution in [-0.2, 0) is 11.2 Å². The van der Waals surface area contributed by atoms with Crippen LogP contribution < -0.4 is 4.74 Å². The summed E-state index contributed by atoms with van der Waals surface area (Å²) in [4.78, 5) is 10.5. The van der Waals surface area contributed by atoms with E-state index in [0.29, 0.717) is 24.2 Å². The summed E-state index contributed by atoms with van der Waals surface area (Å²) in [6.07, 6.45) is 1.34. The lowest BCUT2D eigenvalue weighted by molar-refractivity contribution is -0.111. The predicted molar refractivity (Wildman–Crippen MR) is 56.8 cm³/mol. The van der Waals surface area contributed by atoms with E-state index < -0.39 is 0 Å². The van der Waals surface area contributed by atoms with Crippen molar-refractivity contribution in [3.05, 3.63) is 29.6 Å². The number of rotatable bonds is 5. The first-order valence-electron chi connectivity index (χ1n) is 4.64. The Morgan fingerprint density at radius 2 is 2.27 bits per heavy atom. The Kier molecular flexibility index (Phi) is 4.56. The molecule has 0 saturated heterocycles. The van der Waals surface area contributed by atoms with E-state index in [1.54, 1.807) is 12.1 Å². The fraction of sp³-hybridized carbons (Fsp3) is 0.364. The smallest absolute Gasteiger partial charge is 0.221 e. The largest absolute Gasteiger partial charge is 0.497 e. The van der Waals surface area contributed by atoms with Gasteiger partial charge in [-0.2, -0.15) is 0 Å². The standard InChI is InChI=1S/C11H12ClFO2/c1-15-9-6-5-8(10(13)7-9)3-2-4-11(12)14/h5-7H,2-4H2,1H3. The molecular weight excluding hydrogens is 219 g/mol. The van der Waals surface area contributed by atoms with Crippen molar-refractivity contribution in [1.82, 2.24) is 0 Å². The zero-order valence-corrected chi connectivity index (χ0v) is 9.18. The average molecular weight is 231 g/mol. The highest BCUT2D eigenvalue weighted by molar-refractivity contribution is 6.63. The Hall–Kier alpha value is -1.09. The van der Waals surface area contributed by atoms with Crippen LogP contribution in [-0.4, -0.2) is 12.4 Å². The summed E-state index contributed by atoms with van der Waals surface area (Å²) < 4.78 is 18.2. The molecule has 0 radical (unpaired) electrons. The minimum atomic E-state index is -0.385. The van der Waals surface area contributed by atoms with Crippen molar-refractivity contribution >= 4 is 16.8 Å². The molecule has 0 aliphatic heterocycles. The number of carbonyl (C=O) groups excluding carboxylic acids is 1. The van der Waals surface area contributed by atoms with E-state index in [4.69, 9.17) is 16.3 Å². The van der Waals surface area contributed by atoms with Crippen molar-refractivity contribution < 1.29 is 13.9 Å². The summed E-state index contributed by atoms with van der Waals surface area (Å²) in [6, 6.07) is 4.69. The van der Waals surface area contributed by atoms with Crippen molar-refractivity contribution in [2.75, 3.05) is 7.11 Å². The Labute approximate surface area is 93.0 Å². The molecule has 0 amide bonds. The topological polar surface area (TPSA) is 26.3 Å². The maximum absolute atomic E-state index is 13.4. The van der Waals surface area contributed by atoms with E-state index in [1.807, 2.05) is 0 Å². The molecule has 0 atom stereocenters. The first kappa shape index (κ1) is 12.0. The molecule has 15 heavy (non-hydrogen) atoms. The third kappa shape index (κ3) is 3.88. The van der Waals surface area contributed by atoms with Gasteiger partial charge in [0.05, 0.1) is 7.11 Å². The molecule has 4 heteroatoms. The highest BCUT2D eigenvalue weighted by Gasteiger charge is 2.04. The van der Waals surface area contributed by atoms with Crippen molar-refractivity contribution in [2.45, 2.75) is 19.3 Å². The molecule has 1 aromatic carbocycles. The van der Waals surface area contributed by atoms with Gasteiger partial charge >= 0.3 is 0 Å². The molecule has 1 aromatic rings. The molecule has 82 valence electrons. The molecule has 0 unspecified atom stereocenters. The molecule has 0 saturated carbocycles. The second-order valence-corrected chi connectivity index (χ2v) is 3.59. The summed E-state index contributed by atoms with van der Waals surface area (Å²) in [5, 5.41) is -0.385. The van der Waals surface area contributed by atoms with Crippen molar-refractivity contribution in [3.63, 3.8) is 0 Å². The molecule has 0 aliphatic carbocycles. The van der Waals surface area contributed by atoms with Crippen LogP contribution in [0.15, 0.2) is 18.2 Å². The van der Waals surface area contributed by atoms with Crippen LogP contribution in [0, 0.1) is 5.82 Å². The molecule has 0 fully saturated rings. The Morgan fingerprint density at radius 1 is 1.53 bits per heavy atom. The van der Waals surface area contributed by atoms with Gasteiger partial charge in [-0.05, 0) is 36.1 Å². The first-order valence-corrected chi connectivity index (χ1v) is 5.02. The third-order valence-electron chi connectivity index (χ3n) is 2.08. The summed E-state index contributed by atoms with van der Waals surface area (Å²) in [5.41, 5.74) is 0.578. The number of hydrogen-bond acceptors (Lipinski definition) is 2. The van der Waals surface area contributed by atoms with Gasteiger partial charge < -0.3 is 4.74 Å². The van der Waals surface area contributed by atoms with Gasteiger partial charge in [0.15, 0.2) is 0 Å². The van der Waals surface area contributed by atoms with E-state index in [-0.39, 0.29) is 17.5 Å². The second kappa shape index (κ2) is 5.71. The van der Waals surface area contributed by atoms with Crippen LogP contribution in [0.25, 0.3) is 0 Å². The Bertz CT molecular complexity index is 352. The van der Waals surface area contributed by atoms with E-state index >= 15 is 0 Å². The number of ether oxygens (including phenoxy) is 1. The van der Waals surface area contributed by atoms with E-state index in [9.17, 15) is 9.18 Å². The lowest BCUT2D eigenvalue weighted by Gasteiger charge is -2.04. The molecule has 0 N–H and O–H groups in total. The fourth-order valence-corrected chi connectivity index (χ4v) is 1.41. The van der Waals surface area contributed by atoms with Gasteiger partial charge in [-0.25, -0.2) is 4.39 Å². The molecule has 0 bridgehead atoms. The minimum Gasteiger partial charge on any atom is -0.497 e. The maximum atomic E-state index is 13.4. The van der Waals surface area contributed by atoms with Gasteiger partial charge in [-0.1, -0.05) is 6.07 Å². The maximum Gasteiger partial charge on any atom is 0.221 e. The minimum absolute atomic E-state index is 0.271. The van der Waals surface area contributed by atoms with Crippen LogP contribution in [0.4, 0.5) is 4.39 Å². The lowest BCUT2D eigenvalue weighted by atomic mass is 10.1. The summed E-state index contributed by atoms with van der Waals surface area (Å²) in [5.74, 6) is 0.182. The number of halogens is 2. The van der Waals surface area contributed by atoms with Crippen LogP contribution in [0.5, 0.6) is 5.75 Å². The molecule has 0 heterocycles. The molecule has 2 nitrogen and oxygen atoms in total. The molecule has 1 rings (SSSR count). The first-order chi connectivity index (χ1) is 7.13. The molecule has 0 spiro atoms. The molecular formula is C11H12ClFO2. The molecule has 0 aliphatic rings. The summed E-state index contributed by atoms with van der Waals surface area (Å²) in [6.45, 7) is 0. The van der Waals surface area contributed by atoms with Crippen LogP contribution in [0.1, 0.15) is 18.4 Å². The molecule has 0 aromatic heterocycles. The van der Waals surface area contributed by atoms with Gasteiger partial charge in [0.2, 0.25) is 5.24 Å². The van der Waals surface area contributed by atoms with E-state index in [0.717, 1.165) is 0 Å². The zero-order chi connectivity index (χ0) is 11.3. The summed E-state index contributed by atoms with van der Waals surface area (Å²) in [7, 11) is 1.49. The van der Waals surface area contributed by atoms with E-state index in [1.165, 1.54) is 13.2 Å². The summed E-state index contributed by atoms with van der Waals surface area (Å²) >= 11 is 5.18. The predicted octanol–water partition coefficient (Wildman–Crippen LogP) is 2.92. The van der Waals surface area contributed by atoms with Crippen LogP contribution in [0.3, 0.4) is 0 Å². The van der Waals surface area contributed by atoms with Crippen LogP contribution in [0.2, 0.25) is 0 Å². The number of hydrogen-bond donors (Lipinski definition) is 0. The zero-order valence-electron chi connectivity index (χ0n) is 8.43. The number of methoxy groups -OCH3 is 1. The lowest BCUT2D eigenvalue weighted by Crippen LogP contribution is -1.94. The third-order valence-corrected chi connectivity index (χ3v) is 2.27. The van der Waals surface area contributed by atoms with Gasteiger partial charge in [0.25, 0.3) is 0 Å². The highest BCUT2D eigenvalue weighted by Crippen LogP contribution is 2.17. The van der Waals surface area contributed by atoms with Crippen molar-refractivity contribution in [1.29, 1.82) is 0 Å². The number of benzene rings is 1. The van der Waals surface area contributed by atoms with Gasteiger partial charge in [-0.15, -0.1) is 0 Å². The number of carbonyl (C=O) groups is 1. The Balaban J connectivity index is 2.58. The van der Waals surface area contributed by atoms with Gasteiger partial charge in [0, 0.05) is 12.5 Å². The normalized spacial score (nSPS) is 10.1. The highest BCUT2D eigenvalue weighted by atomic mass is 35.5. The van der Waals surface area contributed by atoms with Crippen molar-refractivity contribution in [2.24, 2.45) is 0 Å². The van der Waals surface area contributed by atoms with Gasteiger partial charge in [0.1, 0.15) is 11.6 Å². The van der Waals surface area contributed by atoms with Gasteiger partial charge in [-0.3, -0.25) is 4.79 Å². The SMILES string of the molecule is COc1ccc(CCCC(=O)Cl)c(F)c1. The quantitative estimate of drug-likeness (QED) is 0.727. The van der Waals surface area contributed by atoms with E-state index in [2.05, 4.69) is 0 Å². The number of aryl methyl sites for hydroxylation is 1. The second-order valence-electron chi connectivity index (χ2n) is 3.17. The average Bonchev–Trinajstić information content (AvgIpc) is 2.20. The monoisotopic (exact) mass is 230 g/mol. The Morgan fingerprint density at radius 3 is 2.80 bits per heavy atom. The van der Waals surface area contributed by atoms with Crippen LogP contribution >= 0.6 is 11.6 Å². The fourth-order valence-electron chi connectivity index (χ4n) is 1.28.